The second-order valence-electron chi connectivity index (χ2n) is 5.08. The van der Waals surface area contributed by atoms with E-state index < -0.39 is 0 Å². The summed E-state index contributed by atoms with van der Waals surface area (Å²) in [6.45, 7) is 0.740. The van der Waals surface area contributed by atoms with Crippen molar-refractivity contribution in [1.82, 2.24) is 5.32 Å². The number of halogens is 3. The first-order valence-corrected chi connectivity index (χ1v) is 7.36. The van der Waals surface area contributed by atoms with Crippen molar-refractivity contribution in [3.8, 4) is 11.1 Å². The maximum atomic E-state index is 13.5. The summed E-state index contributed by atoms with van der Waals surface area (Å²) in [4.78, 5) is 0. The molecule has 0 aromatic heterocycles. The molecule has 0 saturated heterocycles. The SMILES string of the molecule is Fc1ccc(Cl)c(-c2cc(Cl)ccc2CNC2CC2)c1. The minimum Gasteiger partial charge on any atom is -0.310 e. The van der Waals surface area contributed by atoms with Gasteiger partial charge in [-0.1, -0.05) is 29.3 Å². The summed E-state index contributed by atoms with van der Waals surface area (Å²) in [5.41, 5.74) is 2.64. The molecule has 0 heterocycles. The van der Waals surface area contributed by atoms with E-state index in [4.69, 9.17) is 23.2 Å². The smallest absolute Gasteiger partial charge is 0.123 e. The first kappa shape index (κ1) is 13.9. The van der Waals surface area contributed by atoms with Crippen LogP contribution in [0.2, 0.25) is 10.0 Å². The standard InChI is InChI=1S/C16H14Cl2FN/c17-11-2-1-10(9-20-13-4-5-13)14(7-11)15-8-12(19)3-6-16(15)18/h1-3,6-8,13,20H,4-5,9H2. The van der Waals surface area contributed by atoms with E-state index in [1.807, 2.05) is 18.2 Å². The third-order valence-electron chi connectivity index (χ3n) is 3.45. The molecule has 1 aliphatic rings. The van der Waals surface area contributed by atoms with E-state index in [1.165, 1.54) is 25.0 Å². The zero-order chi connectivity index (χ0) is 14.1. The Kier molecular flexibility index (Phi) is 3.97. The van der Waals surface area contributed by atoms with Crippen LogP contribution in [0.25, 0.3) is 11.1 Å². The Bertz CT molecular complexity index is 638. The Balaban J connectivity index is 2.00. The van der Waals surface area contributed by atoms with Crippen LogP contribution >= 0.6 is 23.2 Å². The Morgan fingerprint density at radius 3 is 2.60 bits per heavy atom. The predicted molar refractivity (Wildman–Crippen MR) is 81.7 cm³/mol. The molecule has 0 amide bonds. The van der Waals surface area contributed by atoms with Crippen LogP contribution in [0, 0.1) is 5.82 Å². The van der Waals surface area contributed by atoms with E-state index in [1.54, 1.807) is 6.07 Å². The first-order valence-electron chi connectivity index (χ1n) is 6.61. The molecule has 0 spiro atoms. The summed E-state index contributed by atoms with van der Waals surface area (Å²) in [5, 5.41) is 4.61. The summed E-state index contributed by atoms with van der Waals surface area (Å²) >= 11 is 12.3. The Morgan fingerprint density at radius 1 is 1.05 bits per heavy atom. The topological polar surface area (TPSA) is 12.0 Å². The van der Waals surface area contributed by atoms with Crippen molar-refractivity contribution in [2.45, 2.75) is 25.4 Å². The highest BCUT2D eigenvalue weighted by molar-refractivity contribution is 6.34. The third kappa shape index (κ3) is 3.14. The molecular formula is C16H14Cl2FN. The monoisotopic (exact) mass is 309 g/mol. The largest absolute Gasteiger partial charge is 0.310 e. The molecule has 4 heteroatoms. The van der Waals surface area contributed by atoms with E-state index in [2.05, 4.69) is 5.32 Å². The fourth-order valence-electron chi connectivity index (χ4n) is 2.20. The fourth-order valence-corrected chi connectivity index (χ4v) is 2.59. The lowest BCUT2D eigenvalue weighted by atomic mass is 9.99. The molecule has 1 nitrogen and oxygen atoms in total. The normalized spacial score (nSPS) is 14.6. The van der Waals surface area contributed by atoms with Gasteiger partial charge in [0.25, 0.3) is 0 Å². The van der Waals surface area contributed by atoms with Gasteiger partial charge in [0.2, 0.25) is 0 Å². The summed E-state index contributed by atoms with van der Waals surface area (Å²) in [5.74, 6) is -0.300. The highest BCUT2D eigenvalue weighted by atomic mass is 35.5. The molecule has 1 saturated carbocycles. The molecule has 0 unspecified atom stereocenters. The van der Waals surface area contributed by atoms with Crippen molar-refractivity contribution in [2.24, 2.45) is 0 Å². The van der Waals surface area contributed by atoms with Gasteiger partial charge >= 0.3 is 0 Å². The van der Waals surface area contributed by atoms with Crippen LogP contribution in [0.3, 0.4) is 0 Å². The van der Waals surface area contributed by atoms with Gasteiger partial charge in [0, 0.05) is 28.2 Å². The van der Waals surface area contributed by atoms with E-state index in [9.17, 15) is 4.39 Å². The van der Waals surface area contributed by atoms with Gasteiger partial charge in [-0.25, -0.2) is 4.39 Å². The average Bonchev–Trinajstić information content (AvgIpc) is 3.24. The van der Waals surface area contributed by atoms with Crippen LogP contribution < -0.4 is 5.32 Å². The van der Waals surface area contributed by atoms with Gasteiger partial charge < -0.3 is 5.32 Å². The number of rotatable bonds is 4. The molecule has 0 atom stereocenters. The van der Waals surface area contributed by atoms with Crippen molar-refractivity contribution >= 4 is 23.2 Å². The molecule has 0 radical (unpaired) electrons. The maximum Gasteiger partial charge on any atom is 0.123 e. The van der Waals surface area contributed by atoms with Gasteiger partial charge in [-0.2, -0.15) is 0 Å². The van der Waals surface area contributed by atoms with Crippen molar-refractivity contribution in [3.63, 3.8) is 0 Å². The van der Waals surface area contributed by atoms with Crippen molar-refractivity contribution in [3.05, 3.63) is 57.8 Å². The number of benzene rings is 2. The Morgan fingerprint density at radius 2 is 1.85 bits per heavy atom. The minimum atomic E-state index is -0.300. The molecule has 1 N–H and O–H groups in total. The lowest BCUT2D eigenvalue weighted by Gasteiger charge is -2.13. The third-order valence-corrected chi connectivity index (χ3v) is 4.01. The predicted octanol–water partition coefficient (Wildman–Crippen LogP) is 5.05. The second kappa shape index (κ2) is 5.72. The summed E-state index contributed by atoms with van der Waals surface area (Å²) in [7, 11) is 0. The van der Waals surface area contributed by atoms with Crippen LogP contribution in [-0.4, -0.2) is 6.04 Å². The molecular weight excluding hydrogens is 296 g/mol. The zero-order valence-electron chi connectivity index (χ0n) is 10.8. The molecule has 0 bridgehead atoms. The van der Waals surface area contributed by atoms with E-state index in [0.717, 1.165) is 17.7 Å². The molecule has 2 aromatic carbocycles. The van der Waals surface area contributed by atoms with E-state index in [0.29, 0.717) is 21.7 Å². The second-order valence-corrected chi connectivity index (χ2v) is 5.92. The molecule has 1 fully saturated rings. The summed E-state index contributed by atoms with van der Waals surface area (Å²) in [6.07, 6.45) is 2.45. The molecule has 0 aliphatic heterocycles. The lowest BCUT2D eigenvalue weighted by Crippen LogP contribution is -2.15. The fraction of sp³-hybridized carbons (Fsp3) is 0.250. The maximum absolute atomic E-state index is 13.5. The van der Waals surface area contributed by atoms with Gasteiger partial charge in [-0.3, -0.25) is 0 Å². The van der Waals surface area contributed by atoms with Crippen molar-refractivity contribution in [1.29, 1.82) is 0 Å². The van der Waals surface area contributed by atoms with Crippen LogP contribution in [0.4, 0.5) is 4.39 Å². The lowest BCUT2D eigenvalue weighted by molar-refractivity contribution is 0.628. The van der Waals surface area contributed by atoms with E-state index >= 15 is 0 Å². The molecule has 3 rings (SSSR count). The Labute approximate surface area is 127 Å². The first-order chi connectivity index (χ1) is 9.63. The van der Waals surface area contributed by atoms with Crippen LogP contribution in [0.5, 0.6) is 0 Å². The van der Waals surface area contributed by atoms with Gasteiger partial charge in [0.15, 0.2) is 0 Å². The Hall–Kier alpha value is -1.09. The van der Waals surface area contributed by atoms with Gasteiger partial charge in [0.05, 0.1) is 0 Å². The highest BCUT2D eigenvalue weighted by Crippen LogP contribution is 2.33. The highest BCUT2D eigenvalue weighted by Gasteiger charge is 2.21. The number of hydrogen-bond donors (Lipinski definition) is 1. The minimum absolute atomic E-state index is 0.300. The molecule has 2 aromatic rings. The van der Waals surface area contributed by atoms with Crippen LogP contribution in [0.15, 0.2) is 36.4 Å². The van der Waals surface area contributed by atoms with Gasteiger partial charge in [-0.05, 0) is 54.3 Å². The van der Waals surface area contributed by atoms with Gasteiger partial charge in [0.1, 0.15) is 5.82 Å². The summed E-state index contributed by atoms with van der Waals surface area (Å²) in [6, 6.07) is 10.7. The quantitative estimate of drug-likeness (QED) is 0.833. The number of nitrogens with one attached hydrogen (secondary N) is 1. The average molecular weight is 310 g/mol. The summed E-state index contributed by atoms with van der Waals surface area (Å²) < 4.78 is 13.5. The van der Waals surface area contributed by atoms with Crippen LogP contribution in [-0.2, 0) is 6.54 Å². The molecule has 104 valence electrons. The van der Waals surface area contributed by atoms with E-state index in [-0.39, 0.29) is 5.82 Å². The molecule has 20 heavy (non-hydrogen) atoms. The zero-order valence-corrected chi connectivity index (χ0v) is 12.3. The van der Waals surface area contributed by atoms with Gasteiger partial charge in [-0.15, -0.1) is 0 Å². The number of hydrogen-bond acceptors (Lipinski definition) is 1. The van der Waals surface area contributed by atoms with Crippen molar-refractivity contribution in [2.75, 3.05) is 0 Å². The molecule has 1 aliphatic carbocycles. The van der Waals surface area contributed by atoms with Crippen LogP contribution in [0.1, 0.15) is 18.4 Å². The van der Waals surface area contributed by atoms with Crippen molar-refractivity contribution < 1.29 is 4.39 Å².